The van der Waals surface area contributed by atoms with E-state index in [0.717, 1.165) is 31.0 Å². The van der Waals surface area contributed by atoms with Crippen molar-refractivity contribution in [3.05, 3.63) is 60.2 Å². The summed E-state index contributed by atoms with van der Waals surface area (Å²) < 4.78 is 0. The van der Waals surface area contributed by atoms with E-state index in [1.54, 1.807) is 0 Å². The maximum absolute atomic E-state index is 4.46. The fourth-order valence-corrected chi connectivity index (χ4v) is 3.71. The van der Waals surface area contributed by atoms with Gasteiger partial charge < -0.3 is 4.90 Å². The summed E-state index contributed by atoms with van der Waals surface area (Å²) in [6.07, 6.45) is 3.69. The fraction of sp³-hybridized carbons (Fsp3) is 0.500. The molecule has 0 aromatic carbocycles. The minimum atomic E-state index is -0.339. The van der Waals surface area contributed by atoms with Crippen molar-refractivity contribution in [3.8, 4) is 0 Å². The van der Waals surface area contributed by atoms with Crippen molar-refractivity contribution in [2.75, 3.05) is 33.7 Å². The highest BCUT2D eigenvalue weighted by molar-refractivity contribution is 5.06. The third-order valence-corrected chi connectivity index (χ3v) is 4.94. The van der Waals surface area contributed by atoms with E-state index in [1.807, 2.05) is 36.7 Å². The summed E-state index contributed by atoms with van der Waals surface area (Å²) in [5.74, 6) is 0.273. The zero-order chi connectivity index (χ0) is 18.4. The van der Waals surface area contributed by atoms with Crippen LogP contribution in [0.1, 0.15) is 18.3 Å². The van der Waals surface area contributed by atoms with E-state index in [-0.39, 0.29) is 5.79 Å². The van der Waals surface area contributed by atoms with E-state index < -0.39 is 0 Å². The molecule has 3 heterocycles. The van der Waals surface area contributed by atoms with E-state index in [1.165, 1.54) is 0 Å². The van der Waals surface area contributed by atoms with Crippen LogP contribution >= 0.6 is 0 Å². The number of hydrogen-bond acceptors (Lipinski definition) is 6. The topological polar surface area (TPSA) is 56.3 Å². The molecule has 1 fully saturated rings. The van der Waals surface area contributed by atoms with Crippen LogP contribution in [0.4, 0.5) is 0 Å². The number of pyridine rings is 2. The molecule has 2 aromatic rings. The summed E-state index contributed by atoms with van der Waals surface area (Å²) in [6, 6.07) is 12.1. The molecule has 0 aliphatic carbocycles. The first-order valence-corrected chi connectivity index (χ1v) is 9.27. The van der Waals surface area contributed by atoms with Crippen molar-refractivity contribution >= 4 is 0 Å². The minimum absolute atomic E-state index is 0.339. The monoisotopic (exact) mass is 354 g/mol. The van der Waals surface area contributed by atoms with Crippen molar-refractivity contribution in [2.24, 2.45) is 5.92 Å². The quantitative estimate of drug-likeness (QED) is 0.767. The van der Waals surface area contributed by atoms with Gasteiger partial charge in [-0.3, -0.25) is 25.5 Å². The predicted octanol–water partition coefficient (Wildman–Crippen LogP) is 1.52. The second kappa shape index (κ2) is 8.68. The van der Waals surface area contributed by atoms with Crippen LogP contribution in [0.5, 0.6) is 0 Å². The highest BCUT2D eigenvalue weighted by Crippen LogP contribution is 2.18. The van der Waals surface area contributed by atoms with Gasteiger partial charge in [-0.25, -0.2) is 0 Å². The third kappa shape index (κ3) is 4.86. The van der Waals surface area contributed by atoms with Gasteiger partial charge in [-0.2, -0.15) is 0 Å². The number of nitrogens with zero attached hydrogens (tertiary/aromatic N) is 4. The van der Waals surface area contributed by atoms with Crippen molar-refractivity contribution < 1.29 is 0 Å². The highest BCUT2D eigenvalue weighted by Gasteiger charge is 2.38. The Kier molecular flexibility index (Phi) is 6.32. The van der Waals surface area contributed by atoms with Gasteiger partial charge >= 0.3 is 0 Å². The van der Waals surface area contributed by atoms with Crippen molar-refractivity contribution in [2.45, 2.75) is 25.8 Å². The average Bonchev–Trinajstić information content (AvgIpc) is 2.75. The van der Waals surface area contributed by atoms with Gasteiger partial charge in [0.25, 0.3) is 0 Å². The smallest absolute Gasteiger partial charge is 0.139 e. The van der Waals surface area contributed by atoms with Crippen LogP contribution in [0.15, 0.2) is 48.8 Å². The first-order valence-electron chi connectivity index (χ1n) is 9.27. The molecule has 6 heteroatoms. The van der Waals surface area contributed by atoms with Gasteiger partial charge in [0.1, 0.15) is 5.79 Å². The molecule has 1 aliphatic heterocycles. The molecule has 26 heavy (non-hydrogen) atoms. The molecule has 1 aliphatic rings. The number of aromatic nitrogens is 2. The Bertz CT molecular complexity index is 619. The number of rotatable bonds is 6. The largest absolute Gasteiger partial charge is 0.301 e. The van der Waals surface area contributed by atoms with Gasteiger partial charge in [0.05, 0.1) is 11.4 Å². The predicted molar refractivity (Wildman–Crippen MR) is 104 cm³/mol. The van der Waals surface area contributed by atoms with Crippen molar-refractivity contribution in [1.29, 1.82) is 0 Å². The second-order valence-corrected chi connectivity index (χ2v) is 7.39. The highest BCUT2D eigenvalue weighted by atomic mass is 15.5. The Morgan fingerprint density at radius 3 is 2.04 bits per heavy atom. The van der Waals surface area contributed by atoms with Gasteiger partial charge in [-0.15, -0.1) is 0 Å². The SMILES string of the molecule is CC1CN(C)CC(NCc2ccccn2)(NCc2ccccn2)N(C)C1. The van der Waals surface area contributed by atoms with Crippen LogP contribution in [0.2, 0.25) is 0 Å². The summed E-state index contributed by atoms with van der Waals surface area (Å²) in [7, 11) is 4.38. The lowest BCUT2D eigenvalue weighted by atomic mass is 10.1. The molecule has 6 nitrogen and oxygen atoms in total. The number of hydrogen-bond donors (Lipinski definition) is 2. The van der Waals surface area contributed by atoms with Crippen molar-refractivity contribution in [3.63, 3.8) is 0 Å². The summed E-state index contributed by atoms with van der Waals surface area (Å²) in [5.41, 5.74) is 2.08. The molecule has 0 bridgehead atoms. The van der Waals surface area contributed by atoms with E-state index in [9.17, 15) is 0 Å². The van der Waals surface area contributed by atoms with Gasteiger partial charge in [0.15, 0.2) is 0 Å². The van der Waals surface area contributed by atoms with Gasteiger partial charge in [-0.1, -0.05) is 19.1 Å². The molecule has 1 atom stereocenters. The maximum atomic E-state index is 4.46. The Hall–Kier alpha value is -1.86. The van der Waals surface area contributed by atoms with Gasteiger partial charge in [-0.05, 0) is 44.3 Å². The van der Waals surface area contributed by atoms with Crippen LogP contribution in [-0.4, -0.2) is 59.3 Å². The Morgan fingerprint density at radius 1 is 0.962 bits per heavy atom. The molecule has 0 amide bonds. The molecule has 0 spiro atoms. The third-order valence-electron chi connectivity index (χ3n) is 4.94. The second-order valence-electron chi connectivity index (χ2n) is 7.39. The number of likely N-dealkylation sites (N-methyl/N-ethyl adjacent to an activating group) is 2. The molecule has 2 N–H and O–H groups in total. The lowest BCUT2D eigenvalue weighted by Gasteiger charge is -2.43. The molecule has 0 radical (unpaired) electrons. The van der Waals surface area contributed by atoms with Crippen LogP contribution in [0.25, 0.3) is 0 Å². The standard InChI is InChI=1S/C20H30N6/c1-17-14-25(2)16-20(26(3)15-17,23-12-18-8-4-6-10-21-18)24-13-19-9-5-7-11-22-19/h4-11,17,23-24H,12-16H2,1-3H3. The average molecular weight is 355 g/mol. The van der Waals surface area contributed by atoms with Gasteiger partial charge in [0.2, 0.25) is 0 Å². The zero-order valence-electron chi connectivity index (χ0n) is 16.0. The first-order chi connectivity index (χ1) is 12.6. The Labute approximate surface area is 156 Å². The van der Waals surface area contributed by atoms with E-state index in [0.29, 0.717) is 19.0 Å². The first kappa shape index (κ1) is 18.9. The lowest BCUT2D eigenvalue weighted by Crippen LogP contribution is -2.69. The zero-order valence-corrected chi connectivity index (χ0v) is 16.0. The molecular weight excluding hydrogens is 324 g/mol. The van der Waals surface area contributed by atoms with Crippen LogP contribution in [0.3, 0.4) is 0 Å². The molecular formula is C20H30N6. The maximum Gasteiger partial charge on any atom is 0.139 e. The lowest BCUT2D eigenvalue weighted by molar-refractivity contribution is 0.0289. The van der Waals surface area contributed by atoms with Crippen LogP contribution in [-0.2, 0) is 13.1 Å². The summed E-state index contributed by atoms with van der Waals surface area (Å²) in [4.78, 5) is 13.7. The molecule has 0 saturated carbocycles. The van der Waals surface area contributed by atoms with E-state index in [4.69, 9.17) is 0 Å². The molecule has 1 unspecified atom stereocenters. The summed E-state index contributed by atoms with van der Waals surface area (Å²) >= 11 is 0. The molecule has 1 saturated heterocycles. The van der Waals surface area contributed by atoms with Crippen LogP contribution in [0, 0.1) is 5.92 Å². The molecule has 3 rings (SSSR count). The van der Waals surface area contributed by atoms with E-state index >= 15 is 0 Å². The summed E-state index contributed by atoms with van der Waals surface area (Å²) in [5, 5.41) is 7.49. The van der Waals surface area contributed by atoms with Crippen molar-refractivity contribution in [1.82, 2.24) is 30.4 Å². The van der Waals surface area contributed by atoms with Crippen LogP contribution < -0.4 is 10.6 Å². The number of nitrogens with one attached hydrogen (secondary N) is 2. The molecule has 2 aromatic heterocycles. The Balaban J connectivity index is 1.79. The van der Waals surface area contributed by atoms with E-state index in [2.05, 4.69) is 63.6 Å². The minimum Gasteiger partial charge on any atom is -0.301 e. The summed E-state index contributed by atoms with van der Waals surface area (Å²) in [6.45, 7) is 6.72. The Morgan fingerprint density at radius 2 is 1.54 bits per heavy atom. The normalized spacial score (nSPS) is 21.4. The van der Waals surface area contributed by atoms with Gasteiger partial charge in [0, 0.05) is 45.1 Å². The molecule has 140 valence electrons. The fourth-order valence-electron chi connectivity index (χ4n) is 3.71.